The van der Waals surface area contributed by atoms with Crippen molar-refractivity contribution >= 4 is 17.1 Å². The van der Waals surface area contributed by atoms with E-state index in [0.717, 1.165) is 22.8 Å². The Kier molecular flexibility index (Phi) is 5.47. The van der Waals surface area contributed by atoms with Gasteiger partial charge in [-0.15, -0.1) is 0 Å². The summed E-state index contributed by atoms with van der Waals surface area (Å²) in [5.74, 6) is -0.438. The van der Waals surface area contributed by atoms with Gasteiger partial charge in [-0.25, -0.2) is 4.39 Å². The first-order valence-electron chi connectivity index (χ1n) is 10.7. The van der Waals surface area contributed by atoms with Crippen molar-refractivity contribution in [2.24, 2.45) is 4.99 Å². The lowest BCUT2D eigenvalue weighted by atomic mass is 9.88. The van der Waals surface area contributed by atoms with Gasteiger partial charge < -0.3 is 9.67 Å². The zero-order valence-corrected chi connectivity index (χ0v) is 18.3. The number of fused-ring (bicyclic) bond motifs is 2. The van der Waals surface area contributed by atoms with Crippen molar-refractivity contribution < 1.29 is 35.8 Å². The molecule has 0 bridgehead atoms. The second-order valence-corrected chi connectivity index (χ2v) is 8.65. The summed E-state index contributed by atoms with van der Waals surface area (Å²) >= 11 is 0. The van der Waals surface area contributed by atoms with Crippen molar-refractivity contribution in [1.82, 2.24) is 4.57 Å². The average molecular weight is 506 g/mol. The summed E-state index contributed by atoms with van der Waals surface area (Å²) in [6.07, 6.45) is -7.24. The first kappa shape index (κ1) is 24.1. The number of hydrogen-bond acceptors (Lipinski definition) is 2. The summed E-state index contributed by atoms with van der Waals surface area (Å²) in [6, 6.07) is 12.9. The zero-order valence-electron chi connectivity index (χ0n) is 18.3. The summed E-state index contributed by atoms with van der Waals surface area (Å²) in [5.41, 5.74) is -3.40. The largest absolute Gasteiger partial charge is 0.423 e. The summed E-state index contributed by atoms with van der Waals surface area (Å²) in [7, 11) is 0. The van der Waals surface area contributed by atoms with Crippen LogP contribution in [0.15, 0.2) is 77.9 Å². The van der Waals surface area contributed by atoms with Gasteiger partial charge in [-0.1, -0.05) is 30.3 Å². The first-order chi connectivity index (χ1) is 16.9. The minimum Gasteiger partial charge on any atom is -0.375 e. The molecule has 4 aromatic rings. The van der Waals surface area contributed by atoms with Crippen LogP contribution in [0.2, 0.25) is 0 Å². The highest BCUT2D eigenvalue weighted by Crippen LogP contribution is 2.43. The molecule has 0 aliphatic carbocycles. The van der Waals surface area contributed by atoms with Gasteiger partial charge in [-0.3, -0.25) is 4.99 Å². The Hall–Kier alpha value is -3.66. The topological polar surface area (TPSA) is 37.5 Å². The number of aliphatic hydroxyl groups is 1. The number of alkyl halides is 6. The fourth-order valence-corrected chi connectivity index (χ4v) is 4.43. The van der Waals surface area contributed by atoms with E-state index in [2.05, 4.69) is 4.99 Å². The minimum absolute atomic E-state index is 0.0911. The van der Waals surface area contributed by atoms with Gasteiger partial charge in [0.15, 0.2) is 0 Å². The van der Waals surface area contributed by atoms with Crippen LogP contribution in [0, 0.1) is 5.82 Å². The van der Waals surface area contributed by atoms with Crippen LogP contribution in [-0.4, -0.2) is 22.1 Å². The highest BCUT2D eigenvalue weighted by Gasteiger charge is 2.55. The molecule has 1 N–H and O–H groups in total. The van der Waals surface area contributed by atoms with Gasteiger partial charge in [0.2, 0.25) is 5.60 Å². The quantitative estimate of drug-likeness (QED) is 0.305. The maximum Gasteiger partial charge on any atom is 0.423 e. The third-order valence-corrected chi connectivity index (χ3v) is 6.38. The van der Waals surface area contributed by atoms with Gasteiger partial charge in [0.05, 0.1) is 12.1 Å². The van der Waals surface area contributed by atoms with E-state index in [4.69, 9.17) is 0 Å². The number of aromatic nitrogens is 1. The minimum atomic E-state index is -5.15. The molecule has 0 amide bonds. The molecule has 0 radical (unpaired) electrons. The molecule has 186 valence electrons. The molecule has 5 rings (SSSR count). The third-order valence-electron chi connectivity index (χ3n) is 6.38. The molecule has 1 aliphatic rings. The van der Waals surface area contributed by atoms with Crippen molar-refractivity contribution in [3.8, 4) is 0 Å². The molecule has 2 atom stereocenters. The Morgan fingerprint density at radius 3 is 2.19 bits per heavy atom. The fourth-order valence-electron chi connectivity index (χ4n) is 4.43. The Balaban J connectivity index is 1.54. The number of benzene rings is 3. The first-order valence-corrected chi connectivity index (χ1v) is 10.7. The number of aliphatic imine (C=N–C) groups is 1. The molecule has 0 saturated carbocycles. The zero-order chi connectivity index (χ0) is 25.9. The maximum absolute atomic E-state index is 14.3. The summed E-state index contributed by atoms with van der Waals surface area (Å²) < 4.78 is 96.6. The lowest BCUT2D eigenvalue weighted by molar-refractivity contribution is -0.271. The van der Waals surface area contributed by atoms with E-state index in [1.54, 1.807) is 0 Å². The lowest BCUT2D eigenvalue weighted by Crippen LogP contribution is -2.45. The molecule has 10 heteroatoms. The third kappa shape index (κ3) is 4.05. The molecule has 2 heterocycles. The van der Waals surface area contributed by atoms with Gasteiger partial charge in [-0.2, -0.15) is 26.3 Å². The van der Waals surface area contributed by atoms with Crippen LogP contribution < -0.4 is 0 Å². The van der Waals surface area contributed by atoms with E-state index in [1.807, 2.05) is 0 Å². The van der Waals surface area contributed by atoms with Crippen molar-refractivity contribution in [3.05, 3.63) is 107 Å². The van der Waals surface area contributed by atoms with E-state index in [9.17, 15) is 35.8 Å². The normalized spacial score (nSPS) is 17.4. The van der Waals surface area contributed by atoms with Crippen LogP contribution in [0.5, 0.6) is 0 Å². The Morgan fingerprint density at radius 2 is 1.53 bits per heavy atom. The van der Waals surface area contributed by atoms with Gasteiger partial charge in [0.25, 0.3) is 0 Å². The Morgan fingerprint density at radius 1 is 0.833 bits per heavy atom. The second-order valence-electron chi connectivity index (χ2n) is 8.65. The predicted molar refractivity (Wildman–Crippen MR) is 119 cm³/mol. The van der Waals surface area contributed by atoms with E-state index in [1.165, 1.54) is 60.9 Å². The maximum atomic E-state index is 14.3. The molecule has 0 spiro atoms. The molecule has 36 heavy (non-hydrogen) atoms. The summed E-state index contributed by atoms with van der Waals surface area (Å²) in [5, 5.41) is 11.3. The standard InChI is InChI=1S/C26H17F7N2O/c27-20-6-2-16(3-7-20)23-21-8-5-18(11-17(21)13-34-23)24(36,26(31,32)33)14-35-10-9-15-1-4-19(12-22(15)35)25(28,29)30/h1-13,23,36H,14H2. The summed E-state index contributed by atoms with van der Waals surface area (Å²) in [4.78, 5) is 4.32. The van der Waals surface area contributed by atoms with Crippen molar-refractivity contribution in [3.63, 3.8) is 0 Å². The van der Waals surface area contributed by atoms with Crippen LogP contribution >= 0.6 is 0 Å². The second kappa shape index (κ2) is 8.19. The number of hydrogen-bond donors (Lipinski definition) is 1. The smallest absolute Gasteiger partial charge is 0.375 e. The molecule has 2 unspecified atom stereocenters. The molecule has 3 aromatic carbocycles. The van der Waals surface area contributed by atoms with E-state index >= 15 is 0 Å². The molecule has 1 aromatic heterocycles. The van der Waals surface area contributed by atoms with E-state index in [-0.39, 0.29) is 5.52 Å². The predicted octanol–water partition coefficient (Wildman–Crippen LogP) is 6.77. The van der Waals surface area contributed by atoms with Crippen LogP contribution in [0.3, 0.4) is 0 Å². The molecule has 0 saturated heterocycles. The van der Waals surface area contributed by atoms with Gasteiger partial charge in [0.1, 0.15) is 11.9 Å². The van der Waals surface area contributed by atoms with Gasteiger partial charge >= 0.3 is 12.4 Å². The highest BCUT2D eigenvalue weighted by atomic mass is 19.4. The molecule has 1 aliphatic heterocycles. The average Bonchev–Trinajstić information content (AvgIpc) is 3.41. The van der Waals surface area contributed by atoms with Crippen LogP contribution in [0.1, 0.15) is 33.9 Å². The Labute approximate surface area is 200 Å². The van der Waals surface area contributed by atoms with Crippen molar-refractivity contribution in [2.45, 2.75) is 30.5 Å². The van der Waals surface area contributed by atoms with E-state index < -0.39 is 47.5 Å². The fraction of sp³-hybridized carbons (Fsp3) is 0.192. The number of halogens is 7. The van der Waals surface area contributed by atoms with Crippen LogP contribution in [0.25, 0.3) is 10.9 Å². The monoisotopic (exact) mass is 506 g/mol. The molecule has 3 nitrogen and oxygen atoms in total. The van der Waals surface area contributed by atoms with Crippen molar-refractivity contribution in [2.75, 3.05) is 0 Å². The lowest BCUT2D eigenvalue weighted by Gasteiger charge is -2.32. The number of nitrogens with zero attached hydrogens (tertiary/aromatic N) is 2. The SMILES string of the molecule is OC(Cn1ccc2ccc(C(F)(F)F)cc21)(c1ccc2c(c1)C=NC2c1ccc(F)cc1)C(F)(F)F. The molecular weight excluding hydrogens is 489 g/mol. The summed E-state index contributed by atoms with van der Waals surface area (Å²) in [6.45, 7) is -1.06. The Bertz CT molecular complexity index is 1470. The van der Waals surface area contributed by atoms with Crippen LogP contribution in [0.4, 0.5) is 30.7 Å². The van der Waals surface area contributed by atoms with Crippen LogP contribution in [-0.2, 0) is 18.3 Å². The van der Waals surface area contributed by atoms with Gasteiger partial charge in [0, 0.05) is 17.9 Å². The van der Waals surface area contributed by atoms with Gasteiger partial charge in [-0.05, 0) is 64.0 Å². The van der Waals surface area contributed by atoms with E-state index in [0.29, 0.717) is 22.1 Å². The van der Waals surface area contributed by atoms with Crippen molar-refractivity contribution in [1.29, 1.82) is 0 Å². The molecular formula is C26H17F7N2O. The molecule has 0 fully saturated rings. The number of rotatable bonds is 4. The highest BCUT2D eigenvalue weighted by molar-refractivity contribution is 5.86.